The Morgan fingerprint density at radius 1 is 1.40 bits per heavy atom. The Labute approximate surface area is 115 Å². The molecule has 112 valence electrons. The molecule has 1 aromatic rings. The van der Waals surface area contributed by atoms with Crippen molar-refractivity contribution in [3.8, 4) is 0 Å². The van der Waals surface area contributed by atoms with E-state index in [0.29, 0.717) is 5.69 Å². The lowest BCUT2D eigenvalue weighted by molar-refractivity contribution is -0.135. The Morgan fingerprint density at radius 3 is 2.70 bits per heavy atom. The molecule has 7 heteroatoms. The van der Waals surface area contributed by atoms with Crippen molar-refractivity contribution in [2.75, 3.05) is 11.9 Å². The molecule has 0 aromatic heterocycles. The van der Waals surface area contributed by atoms with Gasteiger partial charge in [-0.05, 0) is 31.0 Å². The Balaban J connectivity index is 2.37. The molecule has 0 aliphatic carbocycles. The van der Waals surface area contributed by atoms with Crippen LogP contribution in [0.25, 0.3) is 0 Å². The molecule has 0 saturated heterocycles. The molecule has 4 N–H and O–H groups in total. The molecule has 0 bridgehead atoms. The molecule has 0 spiro atoms. The summed E-state index contributed by atoms with van der Waals surface area (Å²) in [5.41, 5.74) is 7.13. The van der Waals surface area contributed by atoms with Crippen molar-refractivity contribution in [2.24, 2.45) is 5.73 Å². The number of nitrogens with two attached hydrogens (primary N) is 1. The number of urea groups is 1. The van der Waals surface area contributed by atoms with Gasteiger partial charge in [0.05, 0.1) is 0 Å². The van der Waals surface area contributed by atoms with Crippen LogP contribution in [0, 0.1) is 0 Å². The number of benzene rings is 1. The maximum Gasteiger partial charge on any atom is 0.389 e. The van der Waals surface area contributed by atoms with Crippen molar-refractivity contribution >= 4 is 11.7 Å². The van der Waals surface area contributed by atoms with Gasteiger partial charge in [-0.3, -0.25) is 0 Å². The van der Waals surface area contributed by atoms with Gasteiger partial charge < -0.3 is 16.4 Å². The monoisotopic (exact) mass is 289 g/mol. The van der Waals surface area contributed by atoms with E-state index in [4.69, 9.17) is 5.73 Å². The smallest absolute Gasteiger partial charge is 0.338 e. The van der Waals surface area contributed by atoms with E-state index in [-0.39, 0.29) is 19.0 Å². The minimum Gasteiger partial charge on any atom is -0.338 e. The number of anilines is 1. The lowest BCUT2D eigenvalue weighted by Crippen LogP contribution is -2.30. The van der Waals surface area contributed by atoms with E-state index in [1.165, 1.54) is 0 Å². The average molecular weight is 289 g/mol. The first-order chi connectivity index (χ1) is 9.28. The van der Waals surface area contributed by atoms with Crippen LogP contribution in [0.5, 0.6) is 0 Å². The number of rotatable bonds is 5. The molecule has 1 atom stereocenters. The number of carbonyl (C=O) groups excluding carboxylic acids is 1. The maximum atomic E-state index is 11.9. The molecule has 1 rings (SSSR count). The van der Waals surface area contributed by atoms with E-state index in [1.807, 2.05) is 13.0 Å². The van der Waals surface area contributed by atoms with Crippen LogP contribution in [0.15, 0.2) is 24.3 Å². The van der Waals surface area contributed by atoms with E-state index >= 15 is 0 Å². The Hall–Kier alpha value is -1.76. The van der Waals surface area contributed by atoms with Crippen molar-refractivity contribution in [3.05, 3.63) is 29.8 Å². The highest BCUT2D eigenvalue weighted by molar-refractivity contribution is 5.89. The van der Waals surface area contributed by atoms with Gasteiger partial charge in [0, 0.05) is 24.7 Å². The van der Waals surface area contributed by atoms with Gasteiger partial charge in [-0.15, -0.1) is 0 Å². The van der Waals surface area contributed by atoms with E-state index in [0.717, 1.165) is 5.56 Å². The molecule has 2 amide bonds. The highest BCUT2D eigenvalue weighted by Crippen LogP contribution is 2.20. The molecule has 4 nitrogen and oxygen atoms in total. The second-order valence-corrected chi connectivity index (χ2v) is 4.51. The van der Waals surface area contributed by atoms with Crippen LogP contribution in [-0.2, 0) is 0 Å². The van der Waals surface area contributed by atoms with Crippen molar-refractivity contribution < 1.29 is 18.0 Å². The summed E-state index contributed by atoms with van der Waals surface area (Å²) in [7, 11) is 0. The summed E-state index contributed by atoms with van der Waals surface area (Å²) < 4.78 is 35.7. The molecule has 0 heterocycles. The highest BCUT2D eigenvalue weighted by Gasteiger charge is 2.25. The topological polar surface area (TPSA) is 67.1 Å². The van der Waals surface area contributed by atoms with Crippen LogP contribution < -0.4 is 16.4 Å². The minimum absolute atomic E-state index is 0.0294. The molecule has 0 aliphatic rings. The van der Waals surface area contributed by atoms with Gasteiger partial charge in [0.2, 0.25) is 0 Å². The summed E-state index contributed by atoms with van der Waals surface area (Å²) >= 11 is 0. The predicted molar refractivity (Wildman–Crippen MR) is 71.4 cm³/mol. The molecule has 0 fully saturated rings. The minimum atomic E-state index is -4.19. The van der Waals surface area contributed by atoms with Gasteiger partial charge in [0.1, 0.15) is 0 Å². The Kier molecular flexibility index (Phi) is 5.82. The van der Waals surface area contributed by atoms with Gasteiger partial charge >= 0.3 is 12.2 Å². The van der Waals surface area contributed by atoms with Crippen molar-refractivity contribution in [1.82, 2.24) is 5.32 Å². The molecule has 1 unspecified atom stereocenters. The number of amides is 2. The quantitative estimate of drug-likeness (QED) is 0.729. The van der Waals surface area contributed by atoms with Crippen molar-refractivity contribution in [3.63, 3.8) is 0 Å². The molecule has 0 radical (unpaired) electrons. The highest BCUT2D eigenvalue weighted by atomic mass is 19.4. The summed E-state index contributed by atoms with van der Waals surface area (Å²) in [5.74, 6) is 0. The third-order valence-corrected chi connectivity index (χ3v) is 2.59. The van der Waals surface area contributed by atoms with Gasteiger partial charge in [-0.1, -0.05) is 12.1 Å². The maximum absolute atomic E-state index is 11.9. The summed E-state index contributed by atoms with van der Waals surface area (Å²) in [6.45, 7) is 1.79. The zero-order valence-electron chi connectivity index (χ0n) is 11.1. The van der Waals surface area contributed by atoms with E-state index < -0.39 is 18.6 Å². The number of hydrogen-bond acceptors (Lipinski definition) is 2. The fourth-order valence-corrected chi connectivity index (χ4v) is 1.57. The van der Waals surface area contributed by atoms with Crippen molar-refractivity contribution in [2.45, 2.75) is 32.0 Å². The third kappa shape index (κ3) is 6.42. The van der Waals surface area contributed by atoms with E-state index in [1.54, 1.807) is 18.2 Å². The molecular weight excluding hydrogens is 271 g/mol. The summed E-state index contributed by atoms with van der Waals surface area (Å²) in [4.78, 5) is 11.5. The van der Waals surface area contributed by atoms with Gasteiger partial charge in [0.25, 0.3) is 0 Å². The molecule has 20 heavy (non-hydrogen) atoms. The zero-order chi connectivity index (χ0) is 15.2. The van der Waals surface area contributed by atoms with E-state index in [2.05, 4.69) is 10.6 Å². The first kappa shape index (κ1) is 16.3. The third-order valence-electron chi connectivity index (χ3n) is 2.59. The van der Waals surface area contributed by atoms with Crippen LogP contribution in [0.2, 0.25) is 0 Å². The fraction of sp³-hybridized carbons (Fsp3) is 0.462. The Bertz CT molecular complexity index is 447. The molecular formula is C13H18F3N3O. The number of carbonyl (C=O) groups is 1. The summed E-state index contributed by atoms with van der Waals surface area (Å²) in [6.07, 6.45) is -5.24. The van der Waals surface area contributed by atoms with Gasteiger partial charge in [-0.2, -0.15) is 13.2 Å². The number of alkyl halides is 3. The molecule has 0 saturated carbocycles. The van der Waals surface area contributed by atoms with Gasteiger partial charge in [0.15, 0.2) is 0 Å². The van der Waals surface area contributed by atoms with Gasteiger partial charge in [-0.25, -0.2) is 4.79 Å². The predicted octanol–water partition coefficient (Wildman–Crippen LogP) is 3.17. The second kappa shape index (κ2) is 7.14. The first-order valence-corrected chi connectivity index (χ1v) is 6.25. The summed E-state index contributed by atoms with van der Waals surface area (Å²) in [6, 6.07) is 6.29. The zero-order valence-corrected chi connectivity index (χ0v) is 11.1. The Morgan fingerprint density at radius 2 is 2.10 bits per heavy atom. The van der Waals surface area contributed by atoms with Crippen molar-refractivity contribution in [1.29, 1.82) is 0 Å². The van der Waals surface area contributed by atoms with E-state index in [9.17, 15) is 18.0 Å². The normalized spacial score (nSPS) is 12.8. The second-order valence-electron chi connectivity index (χ2n) is 4.51. The number of hydrogen-bond donors (Lipinski definition) is 3. The molecule has 1 aromatic carbocycles. The average Bonchev–Trinajstić information content (AvgIpc) is 2.34. The largest absolute Gasteiger partial charge is 0.389 e. The fourth-order valence-electron chi connectivity index (χ4n) is 1.57. The first-order valence-electron chi connectivity index (χ1n) is 6.25. The number of nitrogens with one attached hydrogen (secondary N) is 2. The van der Waals surface area contributed by atoms with Crippen LogP contribution in [-0.4, -0.2) is 18.8 Å². The number of halogens is 3. The van der Waals surface area contributed by atoms with Crippen LogP contribution >= 0.6 is 0 Å². The van der Waals surface area contributed by atoms with Crippen LogP contribution in [0.3, 0.4) is 0 Å². The lowest BCUT2D eigenvalue weighted by atomic mass is 10.1. The standard InChI is InChI=1S/C13H18F3N3O/c1-9(17)10-4-2-5-11(8-10)19-12(20)18-7-3-6-13(14,15)16/h2,4-5,8-9H,3,6-7,17H2,1H3,(H2,18,19,20). The summed E-state index contributed by atoms with van der Waals surface area (Å²) in [5, 5.41) is 4.92. The van der Waals surface area contributed by atoms with Crippen LogP contribution in [0.1, 0.15) is 31.4 Å². The molecule has 0 aliphatic heterocycles. The van der Waals surface area contributed by atoms with Crippen LogP contribution in [0.4, 0.5) is 23.7 Å². The SMILES string of the molecule is CC(N)c1cccc(NC(=O)NCCCC(F)(F)F)c1. The lowest BCUT2D eigenvalue weighted by Gasteiger charge is -2.11.